The van der Waals surface area contributed by atoms with Crippen molar-refractivity contribution in [3.05, 3.63) is 76.3 Å². The number of aromatic amines is 1. The summed E-state index contributed by atoms with van der Waals surface area (Å²) in [6.45, 7) is 4.01. The van der Waals surface area contributed by atoms with Crippen LogP contribution in [0.3, 0.4) is 0 Å². The van der Waals surface area contributed by atoms with Gasteiger partial charge in [-0.1, -0.05) is 29.8 Å². The number of rotatable bonds is 4. The number of aryl methyl sites for hydroxylation is 1. The fourth-order valence-corrected chi connectivity index (χ4v) is 2.43. The molecule has 1 aromatic carbocycles. The molecule has 0 bridgehead atoms. The first-order chi connectivity index (χ1) is 11.5. The first-order valence-electron chi connectivity index (χ1n) is 7.71. The summed E-state index contributed by atoms with van der Waals surface area (Å²) in [5.74, 6) is 0.823. The molecule has 0 saturated carbocycles. The first-order valence-corrected chi connectivity index (χ1v) is 7.71. The molecule has 0 amide bonds. The number of hydrogen-bond donors (Lipinski definition) is 2. The largest absolute Gasteiger partial charge is 0.482 e. The van der Waals surface area contributed by atoms with Crippen LogP contribution in [0.1, 0.15) is 24.2 Å². The Morgan fingerprint density at radius 2 is 1.88 bits per heavy atom. The Kier molecular flexibility index (Phi) is 4.33. The summed E-state index contributed by atoms with van der Waals surface area (Å²) in [4.78, 5) is 18.3. The minimum absolute atomic E-state index is 0.163. The number of anilines is 1. The van der Waals surface area contributed by atoms with Crippen LogP contribution in [0.15, 0.2) is 59.7 Å². The van der Waals surface area contributed by atoms with Gasteiger partial charge in [-0.05, 0) is 37.1 Å². The van der Waals surface area contributed by atoms with Crippen molar-refractivity contribution in [2.24, 2.45) is 0 Å². The lowest BCUT2D eigenvalue weighted by Crippen LogP contribution is -2.06. The Hall–Kier alpha value is -3.08. The number of hydrogen-bond acceptors (Lipinski definition) is 4. The minimum Gasteiger partial charge on any atom is -0.482 e. The molecule has 5 heteroatoms. The molecule has 2 aromatic heterocycles. The normalized spacial score (nSPS) is 11.9. The van der Waals surface area contributed by atoms with Crippen LogP contribution in [0, 0.1) is 6.92 Å². The maximum Gasteiger partial charge on any atom is 0.248 e. The highest BCUT2D eigenvalue weighted by molar-refractivity contribution is 5.66. The molecule has 0 aliphatic rings. The van der Waals surface area contributed by atoms with Gasteiger partial charge in [0.25, 0.3) is 0 Å². The number of H-pyrrole nitrogens is 1. The summed E-state index contributed by atoms with van der Waals surface area (Å²) in [6.07, 6.45) is 3.07. The molecule has 24 heavy (non-hydrogen) atoms. The van der Waals surface area contributed by atoms with E-state index in [4.69, 9.17) is 10.5 Å². The highest BCUT2D eigenvalue weighted by atomic mass is 16.5. The van der Waals surface area contributed by atoms with E-state index in [0.29, 0.717) is 11.6 Å². The van der Waals surface area contributed by atoms with Gasteiger partial charge in [-0.25, -0.2) is 4.98 Å². The van der Waals surface area contributed by atoms with E-state index in [2.05, 4.69) is 9.97 Å². The highest BCUT2D eigenvalue weighted by Gasteiger charge is 2.12. The van der Waals surface area contributed by atoms with E-state index in [0.717, 1.165) is 16.7 Å². The van der Waals surface area contributed by atoms with Crippen LogP contribution >= 0.6 is 0 Å². The Labute approximate surface area is 140 Å². The van der Waals surface area contributed by atoms with Crippen LogP contribution in [0.2, 0.25) is 0 Å². The molecule has 3 rings (SSSR count). The molecular formula is C19H19N3O2. The van der Waals surface area contributed by atoms with Crippen molar-refractivity contribution in [1.29, 1.82) is 0 Å². The Balaban J connectivity index is 1.89. The van der Waals surface area contributed by atoms with Gasteiger partial charge in [0.1, 0.15) is 6.10 Å². The van der Waals surface area contributed by atoms with Crippen molar-refractivity contribution in [3.8, 4) is 16.9 Å². The predicted molar refractivity (Wildman–Crippen MR) is 94.9 cm³/mol. The van der Waals surface area contributed by atoms with Crippen LogP contribution in [0.25, 0.3) is 11.1 Å². The third kappa shape index (κ3) is 3.46. The predicted octanol–water partition coefficient (Wildman–Crippen LogP) is 3.47. The van der Waals surface area contributed by atoms with E-state index in [1.165, 1.54) is 11.6 Å². The molecule has 1 unspecified atom stereocenters. The average Bonchev–Trinajstić information content (AvgIpc) is 2.57. The van der Waals surface area contributed by atoms with Crippen molar-refractivity contribution >= 4 is 5.82 Å². The molecule has 1 atom stereocenters. The van der Waals surface area contributed by atoms with E-state index in [-0.39, 0.29) is 11.7 Å². The molecule has 5 nitrogen and oxygen atoms in total. The third-order valence-electron chi connectivity index (χ3n) is 3.84. The lowest BCUT2D eigenvalue weighted by molar-refractivity contribution is 0.227. The molecule has 0 saturated heterocycles. The van der Waals surface area contributed by atoms with Crippen LogP contribution < -0.4 is 16.0 Å². The molecule has 3 N–H and O–H groups in total. The average molecular weight is 321 g/mol. The number of ether oxygens (including phenoxy) is 1. The molecule has 0 aliphatic heterocycles. The van der Waals surface area contributed by atoms with Crippen LogP contribution in [-0.4, -0.2) is 9.97 Å². The monoisotopic (exact) mass is 321 g/mol. The quantitative estimate of drug-likeness (QED) is 0.771. The number of nitrogens with zero attached hydrogens (tertiary/aromatic N) is 1. The summed E-state index contributed by atoms with van der Waals surface area (Å²) in [5, 5.41) is 0. The van der Waals surface area contributed by atoms with Crippen molar-refractivity contribution in [2.45, 2.75) is 20.0 Å². The summed E-state index contributed by atoms with van der Waals surface area (Å²) in [7, 11) is 0. The number of aromatic nitrogens is 2. The maximum absolute atomic E-state index is 11.5. The molecular weight excluding hydrogens is 302 g/mol. The summed E-state index contributed by atoms with van der Waals surface area (Å²) >= 11 is 0. The lowest BCUT2D eigenvalue weighted by Gasteiger charge is -2.17. The second-order valence-electron chi connectivity index (χ2n) is 5.72. The van der Waals surface area contributed by atoms with Crippen molar-refractivity contribution < 1.29 is 4.74 Å². The lowest BCUT2D eigenvalue weighted by atomic mass is 10.1. The standard InChI is InChI=1S/C19H19N3O2/c1-12-3-5-14(6-4-12)13(2)24-17-9-16(11-22-19(17)20)15-7-8-21-18(23)10-15/h3-11,13H,1-2H3,(H2,20,22)(H,21,23). The van der Waals surface area contributed by atoms with Gasteiger partial charge >= 0.3 is 0 Å². The number of nitrogens with two attached hydrogens (primary N) is 1. The molecule has 3 aromatic rings. The van der Waals surface area contributed by atoms with Crippen molar-refractivity contribution in [2.75, 3.05) is 5.73 Å². The Morgan fingerprint density at radius 3 is 2.58 bits per heavy atom. The highest BCUT2D eigenvalue weighted by Crippen LogP contribution is 2.30. The molecule has 0 radical (unpaired) electrons. The molecule has 0 aliphatic carbocycles. The molecule has 0 fully saturated rings. The fraction of sp³-hybridized carbons (Fsp3) is 0.158. The zero-order chi connectivity index (χ0) is 17.1. The topological polar surface area (TPSA) is 81.0 Å². The van der Waals surface area contributed by atoms with Crippen molar-refractivity contribution in [3.63, 3.8) is 0 Å². The van der Waals surface area contributed by atoms with E-state index in [1.807, 2.05) is 50.2 Å². The zero-order valence-electron chi connectivity index (χ0n) is 13.6. The van der Waals surface area contributed by atoms with Gasteiger partial charge < -0.3 is 15.5 Å². The van der Waals surface area contributed by atoms with Crippen molar-refractivity contribution in [1.82, 2.24) is 9.97 Å². The minimum atomic E-state index is -0.167. The van der Waals surface area contributed by atoms with Gasteiger partial charge in [-0.15, -0.1) is 0 Å². The number of nitrogens with one attached hydrogen (secondary N) is 1. The first kappa shape index (κ1) is 15.8. The second kappa shape index (κ2) is 6.58. The van der Waals surface area contributed by atoms with E-state index >= 15 is 0 Å². The van der Waals surface area contributed by atoms with Gasteiger partial charge in [0.15, 0.2) is 11.6 Å². The SMILES string of the molecule is Cc1ccc(C(C)Oc2cc(-c3cc[nH]c(=O)c3)cnc2N)cc1. The summed E-state index contributed by atoms with van der Waals surface area (Å²) in [6, 6.07) is 13.3. The van der Waals surface area contributed by atoms with Crippen LogP contribution in [-0.2, 0) is 0 Å². The third-order valence-corrected chi connectivity index (χ3v) is 3.84. The van der Waals surface area contributed by atoms with E-state index in [9.17, 15) is 4.79 Å². The summed E-state index contributed by atoms with van der Waals surface area (Å²) < 4.78 is 5.99. The molecule has 2 heterocycles. The number of benzene rings is 1. The van der Waals surface area contributed by atoms with Gasteiger partial charge in [0, 0.05) is 24.0 Å². The zero-order valence-corrected chi connectivity index (χ0v) is 13.6. The fourth-order valence-electron chi connectivity index (χ4n) is 2.43. The second-order valence-corrected chi connectivity index (χ2v) is 5.72. The van der Waals surface area contributed by atoms with Gasteiger partial charge in [0.05, 0.1) is 0 Å². The number of nitrogen functional groups attached to an aromatic ring is 1. The Bertz CT molecular complexity index is 901. The van der Waals surface area contributed by atoms with Crippen LogP contribution in [0.4, 0.5) is 5.82 Å². The molecule has 122 valence electrons. The smallest absolute Gasteiger partial charge is 0.248 e. The van der Waals surface area contributed by atoms with Gasteiger partial charge in [-0.2, -0.15) is 0 Å². The molecule has 0 spiro atoms. The number of pyridine rings is 2. The van der Waals surface area contributed by atoms with Crippen LogP contribution in [0.5, 0.6) is 5.75 Å². The Morgan fingerprint density at radius 1 is 1.12 bits per heavy atom. The van der Waals surface area contributed by atoms with E-state index in [1.54, 1.807) is 12.4 Å². The van der Waals surface area contributed by atoms with Gasteiger partial charge in [-0.3, -0.25) is 4.79 Å². The van der Waals surface area contributed by atoms with Gasteiger partial charge in [0.2, 0.25) is 5.56 Å². The maximum atomic E-state index is 11.5. The summed E-state index contributed by atoms with van der Waals surface area (Å²) in [5.41, 5.74) is 9.57. The van der Waals surface area contributed by atoms with E-state index < -0.39 is 0 Å².